The lowest BCUT2D eigenvalue weighted by Gasteiger charge is -2.32. The van der Waals surface area contributed by atoms with Gasteiger partial charge in [0.15, 0.2) is 5.13 Å². The molecular weight excluding hydrogens is 552 g/mol. The quantitative estimate of drug-likeness (QED) is 0.224. The first-order valence-electron chi connectivity index (χ1n) is 12.5. The topological polar surface area (TPSA) is 149 Å². The molecule has 1 heterocycles. The number of benzene rings is 2. The van der Waals surface area contributed by atoms with Crippen LogP contribution in [0.1, 0.15) is 28.5 Å². The zero-order valence-electron chi connectivity index (χ0n) is 22.5. The van der Waals surface area contributed by atoms with E-state index < -0.39 is 46.0 Å². The first-order chi connectivity index (χ1) is 18.9. The largest absolute Gasteiger partial charge is 0.389 e. The van der Waals surface area contributed by atoms with Crippen LogP contribution in [-0.2, 0) is 27.8 Å². The highest BCUT2D eigenvalue weighted by Gasteiger charge is 2.37. The molecule has 2 aromatic carbocycles. The van der Waals surface area contributed by atoms with Gasteiger partial charge in [-0.25, -0.2) is 17.7 Å². The number of anilines is 1. The Hall–Kier alpha value is -3.58. The SMILES string of the molecule is C=C(C)[C@@H](C(=O)NCc1ccccc1)[C@@H](O)[C@H](O)[C@H](Cc1ccccc1)NC(=O)c1csc(N(C)S(C)(=O)=O)n1. The number of sulfonamides is 1. The molecule has 0 spiro atoms. The van der Waals surface area contributed by atoms with Crippen molar-refractivity contribution < 1.29 is 28.2 Å². The molecule has 0 fully saturated rings. The molecule has 2 amide bonds. The number of nitrogens with zero attached hydrogens (tertiary/aromatic N) is 2. The van der Waals surface area contributed by atoms with Crippen LogP contribution >= 0.6 is 11.3 Å². The second-order valence-corrected chi connectivity index (χ2v) is 12.4. The lowest BCUT2D eigenvalue weighted by Crippen LogP contribution is -2.54. The van der Waals surface area contributed by atoms with Gasteiger partial charge in [-0.3, -0.25) is 9.59 Å². The fourth-order valence-electron chi connectivity index (χ4n) is 4.02. The molecule has 0 aliphatic carbocycles. The molecule has 0 saturated heterocycles. The number of hydrogen-bond acceptors (Lipinski definition) is 8. The molecule has 4 N–H and O–H groups in total. The van der Waals surface area contributed by atoms with E-state index >= 15 is 0 Å². The Kier molecular flexibility index (Phi) is 10.6. The molecule has 0 saturated carbocycles. The van der Waals surface area contributed by atoms with Gasteiger partial charge in [0.1, 0.15) is 11.8 Å². The fourth-order valence-corrected chi connectivity index (χ4v) is 5.56. The first-order valence-corrected chi connectivity index (χ1v) is 15.2. The van der Waals surface area contributed by atoms with Crippen LogP contribution in [0.3, 0.4) is 0 Å². The van der Waals surface area contributed by atoms with Crippen molar-refractivity contribution in [3.8, 4) is 0 Å². The van der Waals surface area contributed by atoms with Gasteiger partial charge in [-0.2, -0.15) is 0 Å². The molecule has 214 valence electrons. The van der Waals surface area contributed by atoms with Crippen LogP contribution in [0.2, 0.25) is 0 Å². The smallest absolute Gasteiger partial charge is 0.271 e. The monoisotopic (exact) mass is 586 g/mol. The van der Waals surface area contributed by atoms with Crippen LogP contribution in [0.25, 0.3) is 0 Å². The van der Waals surface area contributed by atoms with E-state index in [2.05, 4.69) is 22.2 Å². The van der Waals surface area contributed by atoms with Gasteiger partial charge < -0.3 is 20.8 Å². The van der Waals surface area contributed by atoms with E-state index in [4.69, 9.17) is 0 Å². The Morgan fingerprint density at radius 2 is 1.60 bits per heavy atom. The Balaban J connectivity index is 1.81. The molecule has 3 rings (SSSR count). The summed E-state index contributed by atoms with van der Waals surface area (Å²) in [6.45, 7) is 5.66. The van der Waals surface area contributed by atoms with Crippen molar-refractivity contribution in [3.05, 3.63) is 95.0 Å². The molecule has 3 aromatic rings. The number of nitrogens with one attached hydrogen (secondary N) is 2. The summed E-state index contributed by atoms with van der Waals surface area (Å²) in [4.78, 5) is 30.3. The van der Waals surface area contributed by atoms with E-state index in [1.165, 1.54) is 12.4 Å². The minimum atomic E-state index is -3.57. The Bertz CT molecular complexity index is 1410. The van der Waals surface area contributed by atoms with Crippen LogP contribution in [0.4, 0.5) is 5.13 Å². The van der Waals surface area contributed by atoms with Crippen molar-refractivity contribution in [3.63, 3.8) is 0 Å². The number of hydrogen-bond donors (Lipinski definition) is 4. The van der Waals surface area contributed by atoms with E-state index in [0.29, 0.717) is 5.57 Å². The van der Waals surface area contributed by atoms with Crippen molar-refractivity contribution in [2.45, 2.75) is 38.1 Å². The summed E-state index contributed by atoms with van der Waals surface area (Å²) >= 11 is 0.973. The number of rotatable bonds is 13. The number of aliphatic hydroxyl groups excluding tert-OH is 2. The maximum atomic E-state index is 13.1. The lowest BCUT2D eigenvalue weighted by atomic mass is 9.86. The summed E-state index contributed by atoms with van der Waals surface area (Å²) in [5.74, 6) is -2.33. The van der Waals surface area contributed by atoms with E-state index in [-0.39, 0.29) is 23.8 Å². The normalized spacial score (nSPS) is 14.4. The summed E-state index contributed by atoms with van der Waals surface area (Å²) in [6.07, 6.45) is -2.00. The third-order valence-corrected chi connectivity index (χ3v) is 8.53. The van der Waals surface area contributed by atoms with Gasteiger partial charge in [-0.05, 0) is 24.5 Å². The van der Waals surface area contributed by atoms with Gasteiger partial charge in [0, 0.05) is 19.0 Å². The van der Waals surface area contributed by atoms with Crippen molar-refractivity contribution in [1.82, 2.24) is 15.6 Å². The van der Waals surface area contributed by atoms with Crippen LogP contribution in [-0.4, -0.2) is 67.0 Å². The van der Waals surface area contributed by atoms with Crippen molar-refractivity contribution >= 4 is 38.3 Å². The average molecular weight is 587 g/mol. The maximum absolute atomic E-state index is 13.1. The van der Waals surface area contributed by atoms with E-state index in [1.54, 1.807) is 19.1 Å². The third kappa shape index (κ3) is 8.21. The summed E-state index contributed by atoms with van der Waals surface area (Å²) in [5, 5.41) is 29.5. The summed E-state index contributed by atoms with van der Waals surface area (Å²) in [5.41, 5.74) is 1.93. The van der Waals surface area contributed by atoms with Gasteiger partial charge in [-0.15, -0.1) is 11.3 Å². The standard InChI is InChI=1S/C28H34N4O6S2/c1-18(2)23(27(36)29-16-20-13-9-6-10-14-20)25(34)24(33)21(15-19-11-7-5-8-12-19)30-26(35)22-17-39-28(31-22)32(3)40(4,37)38/h5-14,17,21,23-25,33-34H,1,15-16H2,2-4H3,(H,29,36)(H,30,35)/t21-,23+,24+,25+/m0/s1. The summed E-state index contributed by atoms with van der Waals surface area (Å²) < 4.78 is 24.7. The lowest BCUT2D eigenvalue weighted by molar-refractivity contribution is -0.130. The van der Waals surface area contributed by atoms with Gasteiger partial charge in [0.25, 0.3) is 5.91 Å². The molecule has 10 nitrogen and oxygen atoms in total. The number of carbonyl (C=O) groups is 2. The van der Waals surface area contributed by atoms with Crippen molar-refractivity contribution in [2.75, 3.05) is 17.6 Å². The Morgan fingerprint density at radius 1 is 1.02 bits per heavy atom. The minimum absolute atomic E-state index is 0.0488. The minimum Gasteiger partial charge on any atom is -0.389 e. The highest BCUT2D eigenvalue weighted by atomic mass is 32.2. The molecule has 0 bridgehead atoms. The molecule has 12 heteroatoms. The molecule has 0 aliphatic rings. The predicted octanol–water partition coefficient (Wildman–Crippen LogP) is 2.11. The molecular formula is C28H34N4O6S2. The average Bonchev–Trinajstić information content (AvgIpc) is 3.41. The molecule has 40 heavy (non-hydrogen) atoms. The molecule has 0 aliphatic heterocycles. The van der Waals surface area contributed by atoms with E-state index in [9.17, 15) is 28.2 Å². The molecule has 0 unspecified atom stereocenters. The molecule has 0 radical (unpaired) electrons. The van der Waals surface area contributed by atoms with Gasteiger partial charge in [0.2, 0.25) is 15.9 Å². The van der Waals surface area contributed by atoms with Crippen molar-refractivity contribution in [2.24, 2.45) is 5.92 Å². The second-order valence-electron chi connectivity index (χ2n) is 9.52. The number of thiazole rings is 1. The fraction of sp³-hybridized carbons (Fsp3) is 0.321. The Morgan fingerprint density at radius 3 is 2.15 bits per heavy atom. The maximum Gasteiger partial charge on any atom is 0.271 e. The Labute approximate surface area is 238 Å². The van der Waals surface area contributed by atoms with E-state index in [0.717, 1.165) is 33.0 Å². The predicted molar refractivity (Wildman–Crippen MR) is 155 cm³/mol. The van der Waals surface area contributed by atoms with E-state index in [1.807, 2.05) is 48.5 Å². The zero-order chi connectivity index (χ0) is 29.4. The summed E-state index contributed by atoms with van der Waals surface area (Å²) in [7, 11) is -2.25. The second kappa shape index (κ2) is 13.7. The van der Waals surface area contributed by atoms with Crippen LogP contribution < -0.4 is 14.9 Å². The number of aromatic nitrogens is 1. The molecule has 1 aromatic heterocycles. The highest BCUT2D eigenvalue weighted by Crippen LogP contribution is 2.23. The third-order valence-electron chi connectivity index (χ3n) is 6.33. The number of amides is 2. The van der Waals surface area contributed by atoms with Gasteiger partial charge in [0.05, 0.1) is 24.3 Å². The van der Waals surface area contributed by atoms with Crippen LogP contribution in [0.5, 0.6) is 0 Å². The number of carbonyl (C=O) groups excluding carboxylic acids is 2. The highest BCUT2D eigenvalue weighted by molar-refractivity contribution is 7.92. The summed E-state index contributed by atoms with van der Waals surface area (Å²) in [6, 6.07) is 17.3. The van der Waals surface area contributed by atoms with Crippen LogP contribution in [0, 0.1) is 5.92 Å². The first kappa shape index (κ1) is 31.0. The molecule has 4 atom stereocenters. The van der Waals surface area contributed by atoms with Gasteiger partial charge >= 0.3 is 0 Å². The van der Waals surface area contributed by atoms with Crippen molar-refractivity contribution in [1.29, 1.82) is 0 Å². The van der Waals surface area contributed by atoms with Gasteiger partial charge in [-0.1, -0.05) is 72.8 Å². The number of aliphatic hydroxyl groups is 2. The van der Waals surface area contributed by atoms with Crippen LogP contribution in [0.15, 0.2) is 78.2 Å². The zero-order valence-corrected chi connectivity index (χ0v) is 24.2.